The zero-order valence-electron chi connectivity index (χ0n) is 12.1. The molecule has 114 valence electrons. The lowest BCUT2D eigenvalue weighted by atomic mass is 9.83. The van der Waals surface area contributed by atoms with Crippen LogP contribution >= 0.6 is 0 Å². The molecule has 1 atom stereocenters. The number of carboxylic acid groups (broad SMARTS) is 1. The molecule has 1 fully saturated rings. The number of aliphatic carboxylic acids is 1. The van der Waals surface area contributed by atoms with Gasteiger partial charge < -0.3 is 20.6 Å². The monoisotopic (exact) mass is 285 g/mol. The molecule has 0 aromatic heterocycles. The van der Waals surface area contributed by atoms with Gasteiger partial charge >= 0.3 is 12.0 Å². The first-order valence-corrected chi connectivity index (χ1v) is 6.92. The van der Waals surface area contributed by atoms with E-state index in [1.165, 1.54) is 9.80 Å². The van der Waals surface area contributed by atoms with Gasteiger partial charge in [0.05, 0.1) is 5.41 Å². The fourth-order valence-electron chi connectivity index (χ4n) is 2.70. The number of carboxylic acids is 1. The van der Waals surface area contributed by atoms with E-state index in [4.69, 9.17) is 5.73 Å². The topological polar surface area (TPSA) is 104 Å². The van der Waals surface area contributed by atoms with Crippen molar-refractivity contribution in [1.29, 1.82) is 0 Å². The van der Waals surface area contributed by atoms with Gasteiger partial charge in [0.15, 0.2) is 0 Å². The number of nitrogens with zero attached hydrogens (tertiary/aromatic N) is 2. The number of hydrogen-bond donors (Lipinski definition) is 2. The Morgan fingerprint density at radius 1 is 1.35 bits per heavy atom. The minimum Gasteiger partial charge on any atom is -0.481 e. The number of carbonyl (C=O) groups excluding carboxylic acids is 2. The normalized spacial score (nSPS) is 21.8. The number of carbonyl (C=O) groups is 3. The Morgan fingerprint density at radius 2 is 2.00 bits per heavy atom. The lowest BCUT2D eigenvalue weighted by Crippen LogP contribution is -2.47. The van der Waals surface area contributed by atoms with E-state index in [1.807, 2.05) is 6.92 Å². The summed E-state index contributed by atoms with van der Waals surface area (Å²) in [5, 5.41) is 9.41. The van der Waals surface area contributed by atoms with Gasteiger partial charge in [-0.1, -0.05) is 13.3 Å². The summed E-state index contributed by atoms with van der Waals surface area (Å²) < 4.78 is 0. The quantitative estimate of drug-likeness (QED) is 0.741. The van der Waals surface area contributed by atoms with Crippen molar-refractivity contribution in [3.05, 3.63) is 0 Å². The Balaban J connectivity index is 2.77. The van der Waals surface area contributed by atoms with E-state index in [2.05, 4.69) is 0 Å². The number of nitrogens with two attached hydrogens (primary N) is 1. The maximum absolute atomic E-state index is 12.3. The van der Waals surface area contributed by atoms with Gasteiger partial charge in [-0.2, -0.15) is 0 Å². The Labute approximate surface area is 118 Å². The van der Waals surface area contributed by atoms with Gasteiger partial charge in [-0.3, -0.25) is 9.59 Å². The van der Waals surface area contributed by atoms with Gasteiger partial charge in [-0.25, -0.2) is 4.79 Å². The summed E-state index contributed by atoms with van der Waals surface area (Å²) >= 11 is 0. The van der Waals surface area contributed by atoms with Crippen molar-refractivity contribution in [3.63, 3.8) is 0 Å². The fourth-order valence-corrected chi connectivity index (χ4v) is 2.70. The summed E-state index contributed by atoms with van der Waals surface area (Å²) in [5.41, 5.74) is 4.26. The highest BCUT2D eigenvalue weighted by molar-refractivity contribution is 5.84. The molecule has 1 aliphatic heterocycles. The Kier molecular flexibility index (Phi) is 5.35. The number of likely N-dealkylation sites (tertiary alicyclic amines) is 1. The molecule has 7 heteroatoms. The van der Waals surface area contributed by atoms with Crippen molar-refractivity contribution >= 4 is 17.9 Å². The SMILES string of the molecule is CCCC1(C(=O)O)CCN(C(=O)N(CC)CC(N)=O)C1. The summed E-state index contributed by atoms with van der Waals surface area (Å²) in [7, 11) is 0. The molecule has 0 saturated carbocycles. The predicted octanol–water partition coefficient (Wildman–Crippen LogP) is 0.490. The molecular weight excluding hydrogens is 262 g/mol. The van der Waals surface area contributed by atoms with Crippen LogP contribution in [-0.4, -0.2) is 59.0 Å². The second-order valence-electron chi connectivity index (χ2n) is 5.27. The lowest BCUT2D eigenvalue weighted by Gasteiger charge is -2.28. The molecular formula is C13H23N3O4. The van der Waals surface area contributed by atoms with Crippen LogP contribution in [0.4, 0.5) is 4.79 Å². The van der Waals surface area contributed by atoms with Crippen molar-refractivity contribution in [3.8, 4) is 0 Å². The minimum absolute atomic E-state index is 0.139. The highest BCUT2D eigenvalue weighted by atomic mass is 16.4. The average molecular weight is 285 g/mol. The summed E-state index contributed by atoms with van der Waals surface area (Å²) in [5.74, 6) is -1.43. The van der Waals surface area contributed by atoms with Gasteiger partial charge in [-0.15, -0.1) is 0 Å². The largest absolute Gasteiger partial charge is 0.481 e. The summed E-state index contributed by atoms with van der Waals surface area (Å²) in [4.78, 5) is 37.5. The van der Waals surface area contributed by atoms with E-state index < -0.39 is 17.3 Å². The average Bonchev–Trinajstić information content (AvgIpc) is 2.81. The van der Waals surface area contributed by atoms with E-state index in [1.54, 1.807) is 6.92 Å². The zero-order valence-corrected chi connectivity index (χ0v) is 12.1. The molecule has 1 saturated heterocycles. The van der Waals surface area contributed by atoms with Crippen molar-refractivity contribution in [2.75, 3.05) is 26.2 Å². The van der Waals surface area contributed by atoms with Crippen molar-refractivity contribution in [1.82, 2.24) is 9.80 Å². The third kappa shape index (κ3) is 3.40. The first-order chi connectivity index (χ1) is 9.36. The van der Waals surface area contributed by atoms with Gasteiger partial charge in [0.1, 0.15) is 6.54 Å². The van der Waals surface area contributed by atoms with E-state index in [-0.39, 0.29) is 19.1 Å². The predicted molar refractivity (Wildman–Crippen MR) is 73.0 cm³/mol. The minimum atomic E-state index is -0.854. The summed E-state index contributed by atoms with van der Waals surface area (Å²) in [6.07, 6.45) is 1.76. The second kappa shape index (κ2) is 6.58. The molecule has 20 heavy (non-hydrogen) atoms. The van der Waals surface area contributed by atoms with Crippen molar-refractivity contribution in [2.45, 2.75) is 33.1 Å². The number of rotatable bonds is 6. The molecule has 3 N–H and O–H groups in total. The maximum atomic E-state index is 12.3. The number of amides is 3. The molecule has 0 radical (unpaired) electrons. The van der Waals surface area contributed by atoms with Crippen LogP contribution in [0.1, 0.15) is 33.1 Å². The molecule has 0 aromatic rings. The Hall–Kier alpha value is -1.79. The fraction of sp³-hybridized carbons (Fsp3) is 0.769. The van der Waals surface area contributed by atoms with Crippen LogP contribution in [0.5, 0.6) is 0 Å². The lowest BCUT2D eigenvalue weighted by molar-refractivity contribution is -0.148. The standard InChI is InChI=1S/C13H23N3O4/c1-3-5-13(11(18)19)6-7-16(9-13)12(20)15(4-2)8-10(14)17/h3-9H2,1-2H3,(H2,14,17)(H,18,19). The van der Waals surface area contributed by atoms with Crippen molar-refractivity contribution in [2.24, 2.45) is 11.1 Å². The highest BCUT2D eigenvalue weighted by Gasteiger charge is 2.46. The van der Waals surface area contributed by atoms with Crippen LogP contribution in [0.3, 0.4) is 0 Å². The molecule has 0 aliphatic carbocycles. The third-order valence-corrected chi connectivity index (χ3v) is 3.81. The number of likely N-dealkylation sites (N-methyl/N-ethyl adjacent to an activating group) is 1. The Morgan fingerprint density at radius 3 is 2.45 bits per heavy atom. The van der Waals surface area contributed by atoms with E-state index in [9.17, 15) is 19.5 Å². The molecule has 0 bridgehead atoms. The van der Waals surface area contributed by atoms with E-state index in [0.29, 0.717) is 25.9 Å². The van der Waals surface area contributed by atoms with Crippen LogP contribution < -0.4 is 5.73 Å². The van der Waals surface area contributed by atoms with Gasteiger partial charge in [0, 0.05) is 19.6 Å². The summed E-state index contributed by atoms with van der Waals surface area (Å²) in [6, 6.07) is -0.314. The number of urea groups is 1. The van der Waals surface area contributed by atoms with Gasteiger partial charge in [-0.05, 0) is 19.8 Å². The highest BCUT2D eigenvalue weighted by Crippen LogP contribution is 2.35. The maximum Gasteiger partial charge on any atom is 0.320 e. The molecule has 7 nitrogen and oxygen atoms in total. The smallest absolute Gasteiger partial charge is 0.320 e. The summed E-state index contributed by atoms with van der Waals surface area (Å²) in [6.45, 7) is 4.52. The molecule has 1 heterocycles. The van der Waals surface area contributed by atoms with Gasteiger partial charge in [0.2, 0.25) is 5.91 Å². The van der Waals surface area contributed by atoms with Crippen LogP contribution in [0.15, 0.2) is 0 Å². The molecule has 1 unspecified atom stereocenters. The third-order valence-electron chi connectivity index (χ3n) is 3.81. The zero-order chi connectivity index (χ0) is 15.3. The van der Waals surface area contributed by atoms with E-state index >= 15 is 0 Å². The van der Waals surface area contributed by atoms with Crippen LogP contribution in [0.2, 0.25) is 0 Å². The van der Waals surface area contributed by atoms with Crippen LogP contribution in [-0.2, 0) is 9.59 Å². The number of hydrogen-bond acceptors (Lipinski definition) is 3. The molecule has 3 amide bonds. The Bertz CT molecular complexity index is 399. The van der Waals surface area contributed by atoms with Crippen LogP contribution in [0.25, 0.3) is 0 Å². The van der Waals surface area contributed by atoms with Crippen LogP contribution in [0, 0.1) is 5.41 Å². The first-order valence-electron chi connectivity index (χ1n) is 6.92. The van der Waals surface area contributed by atoms with Crippen molar-refractivity contribution < 1.29 is 19.5 Å². The van der Waals surface area contributed by atoms with Gasteiger partial charge in [0.25, 0.3) is 0 Å². The molecule has 1 aliphatic rings. The number of primary amides is 1. The second-order valence-corrected chi connectivity index (χ2v) is 5.27. The molecule has 0 aromatic carbocycles. The van der Waals surface area contributed by atoms with E-state index in [0.717, 1.165) is 6.42 Å². The molecule has 1 rings (SSSR count). The first kappa shape index (κ1) is 16.3. The molecule has 0 spiro atoms.